The Kier molecular flexibility index (Phi) is 4.25. The van der Waals surface area contributed by atoms with Crippen LogP contribution in [0, 0.1) is 26.7 Å². The van der Waals surface area contributed by atoms with Gasteiger partial charge in [-0.3, -0.25) is 4.79 Å². The summed E-state index contributed by atoms with van der Waals surface area (Å²) in [6.07, 6.45) is 0.945. The number of carbonyl (C=O) groups is 1. The summed E-state index contributed by atoms with van der Waals surface area (Å²) < 4.78 is 0. The number of carbonyl (C=O) groups excluding carboxylic acids is 1. The van der Waals surface area contributed by atoms with Crippen LogP contribution in [0.25, 0.3) is 0 Å². The van der Waals surface area contributed by atoms with Crippen LogP contribution in [-0.2, 0) is 11.2 Å². The number of hydrogen-bond acceptors (Lipinski definition) is 2. The van der Waals surface area contributed by atoms with E-state index in [1.807, 2.05) is 11.9 Å². The number of rotatable bonds is 4. The molecule has 0 aromatic heterocycles. The Morgan fingerprint density at radius 1 is 1.26 bits per heavy atom. The van der Waals surface area contributed by atoms with Crippen molar-refractivity contribution in [1.82, 2.24) is 10.2 Å². The molecule has 1 fully saturated rings. The molecular formula is C16H24N2O. The average molecular weight is 260 g/mol. The van der Waals surface area contributed by atoms with Gasteiger partial charge in [-0.1, -0.05) is 17.7 Å². The Hall–Kier alpha value is -1.35. The summed E-state index contributed by atoms with van der Waals surface area (Å²) in [7, 11) is 1.92. The van der Waals surface area contributed by atoms with Crippen molar-refractivity contribution in [2.24, 2.45) is 5.92 Å². The van der Waals surface area contributed by atoms with Crippen molar-refractivity contribution >= 4 is 5.91 Å². The third kappa shape index (κ3) is 3.16. The van der Waals surface area contributed by atoms with Crippen molar-refractivity contribution in [2.75, 3.05) is 26.7 Å². The Balaban J connectivity index is 1.96. The van der Waals surface area contributed by atoms with Crippen LogP contribution >= 0.6 is 0 Å². The van der Waals surface area contributed by atoms with Gasteiger partial charge in [-0.05, 0) is 43.9 Å². The lowest BCUT2D eigenvalue weighted by Gasteiger charge is -2.30. The van der Waals surface area contributed by atoms with Gasteiger partial charge in [-0.15, -0.1) is 0 Å². The van der Waals surface area contributed by atoms with E-state index in [0.717, 1.165) is 26.1 Å². The molecule has 0 atom stereocenters. The predicted octanol–water partition coefficient (Wildman–Crippen LogP) is 1.83. The molecule has 3 nitrogen and oxygen atoms in total. The molecule has 19 heavy (non-hydrogen) atoms. The van der Waals surface area contributed by atoms with E-state index >= 15 is 0 Å². The van der Waals surface area contributed by atoms with Crippen LogP contribution in [-0.4, -0.2) is 37.5 Å². The van der Waals surface area contributed by atoms with Crippen LogP contribution in [0.4, 0.5) is 0 Å². The van der Waals surface area contributed by atoms with E-state index in [1.165, 1.54) is 22.3 Å². The van der Waals surface area contributed by atoms with Crippen molar-refractivity contribution in [2.45, 2.75) is 27.2 Å². The predicted molar refractivity (Wildman–Crippen MR) is 78.4 cm³/mol. The average Bonchev–Trinajstić information content (AvgIpc) is 2.24. The van der Waals surface area contributed by atoms with E-state index < -0.39 is 0 Å². The zero-order chi connectivity index (χ0) is 14.0. The molecule has 1 aromatic carbocycles. The fraction of sp³-hybridized carbons (Fsp3) is 0.562. The van der Waals surface area contributed by atoms with Crippen molar-refractivity contribution in [3.63, 3.8) is 0 Å². The second-order valence-corrected chi connectivity index (χ2v) is 5.74. The summed E-state index contributed by atoms with van der Waals surface area (Å²) in [6.45, 7) is 8.93. The molecule has 1 N–H and O–H groups in total. The van der Waals surface area contributed by atoms with Crippen LogP contribution in [0.15, 0.2) is 12.1 Å². The molecule has 1 amide bonds. The van der Waals surface area contributed by atoms with E-state index in [-0.39, 0.29) is 11.8 Å². The van der Waals surface area contributed by atoms with E-state index in [2.05, 4.69) is 38.2 Å². The van der Waals surface area contributed by atoms with E-state index in [4.69, 9.17) is 0 Å². The Labute approximate surface area is 116 Å². The minimum Gasteiger partial charge on any atom is -0.345 e. The number of benzene rings is 1. The highest BCUT2D eigenvalue weighted by molar-refractivity contribution is 5.79. The first-order valence-electron chi connectivity index (χ1n) is 7.01. The molecular weight excluding hydrogens is 236 g/mol. The molecule has 3 heteroatoms. The van der Waals surface area contributed by atoms with Gasteiger partial charge in [-0.2, -0.15) is 0 Å². The molecule has 0 unspecified atom stereocenters. The van der Waals surface area contributed by atoms with Gasteiger partial charge in [0.15, 0.2) is 0 Å². The van der Waals surface area contributed by atoms with Crippen molar-refractivity contribution in [1.29, 1.82) is 0 Å². The molecule has 2 rings (SSSR count). The first-order valence-corrected chi connectivity index (χ1v) is 7.01. The Bertz CT molecular complexity index is 455. The fourth-order valence-electron chi connectivity index (χ4n) is 2.77. The fourth-order valence-corrected chi connectivity index (χ4v) is 2.77. The third-order valence-corrected chi connectivity index (χ3v) is 4.04. The lowest BCUT2D eigenvalue weighted by atomic mass is 9.97. The summed E-state index contributed by atoms with van der Waals surface area (Å²) in [6, 6.07) is 4.44. The summed E-state index contributed by atoms with van der Waals surface area (Å²) in [5.41, 5.74) is 5.37. The van der Waals surface area contributed by atoms with Gasteiger partial charge < -0.3 is 10.2 Å². The van der Waals surface area contributed by atoms with E-state index in [1.54, 1.807) is 0 Å². The molecule has 1 aliphatic rings. The van der Waals surface area contributed by atoms with Crippen LogP contribution in [0.5, 0.6) is 0 Å². The number of hydrogen-bond donors (Lipinski definition) is 1. The van der Waals surface area contributed by atoms with E-state index in [9.17, 15) is 4.79 Å². The summed E-state index contributed by atoms with van der Waals surface area (Å²) in [4.78, 5) is 13.9. The molecule has 0 bridgehead atoms. The number of nitrogens with zero attached hydrogens (tertiary/aromatic N) is 1. The zero-order valence-corrected chi connectivity index (χ0v) is 12.4. The molecule has 104 valence electrons. The quantitative estimate of drug-likeness (QED) is 0.896. The normalized spacial score (nSPS) is 15.2. The second kappa shape index (κ2) is 5.74. The van der Waals surface area contributed by atoms with Gasteiger partial charge in [-0.25, -0.2) is 0 Å². The summed E-state index contributed by atoms with van der Waals surface area (Å²) in [5.74, 6) is 0.478. The van der Waals surface area contributed by atoms with Crippen molar-refractivity contribution in [3.8, 4) is 0 Å². The monoisotopic (exact) mass is 260 g/mol. The molecule has 1 aliphatic heterocycles. The smallest absolute Gasteiger partial charge is 0.228 e. The maximum absolute atomic E-state index is 12.1. The summed E-state index contributed by atoms with van der Waals surface area (Å²) in [5, 5.41) is 3.15. The molecule has 1 saturated heterocycles. The number of amides is 1. The maximum atomic E-state index is 12.1. The van der Waals surface area contributed by atoms with Gasteiger partial charge >= 0.3 is 0 Å². The number of nitrogens with one attached hydrogen (secondary N) is 1. The molecule has 0 spiro atoms. The minimum atomic E-state index is 0.199. The molecule has 1 heterocycles. The van der Waals surface area contributed by atoms with Crippen LogP contribution in [0.2, 0.25) is 0 Å². The third-order valence-electron chi connectivity index (χ3n) is 4.04. The SMILES string of the molecule is Cc1cc(C)c(CCN(C)C(=O)C2CNC2)c(C)c1. The van der Waals surface area contributed by atoms with Gasteiger partial charge in [0.05, 0.1) is 5.92 Å². The lowest BCUT2D eigenvalue weighted by Crippen LogP contribution is -2.51. The number of aryl methyl sites for hydroxylation is 3. The van der Waals surface area contributed by atoms with Gasteiger partial charge in [0, 0.05) is 26.7 Å². The first kappa shape index (κ1) is 14.1. The standard InChI is InChI=1S/C16H24N2O/c1-11-7-12(2)15(13(3)8-11)5-6-18(4)16(19)14-9-17-10-14/h7-8,14,17H,5-6,9-10H2,1-4H3. The van der Waals surface area contributed by atoms with Gasteiger partial charge in [0.2, 0.25) is 5.91 Å². The molecule has 0 radical (unpaired) electrons. The largest absolute Gasteiger partial charge is 0.345 e. The second-order valence-electron chi connectivity index (χ2n) is 5.74. The highest BCUT2D eigenvalue weighted by Gasteiger charge is 2.27. The van der Waals surface area contributed by atoms with Crippen LogP contribution in [0.1, 0.15) is 22.3 Å². The van der Waals surface area contributed by atoms with Gasteiger partial charge in [0.1, 0.15) is 0 Å². The molecule has 0 saturated carbocycles. The molecule has 1 aromatic rings. The van der Waals surface area contributed by atoms with Crippen molar-refractivity contribution in [3.05, 3.63) is 34.4 Å². The Morgan fingerprint density at radius 2 is 1.84 bits per heavy atom. The maximum Gasteiger partial charge on any atom is 0.228 e. The van der Waals surface area contributed by atoms with Gasteiger partial charge in [0.25, 0.3) is 0 Å². The topological polar surface area (TPSA) is 32.3 Å². The van der Waals surface area contributed by atoms with Crippen LogP contribution < -0.4 is 5.32 Å². The zero-order valence-electron chi connectivity index (χ0n) is 12.4. The highest BCUT2D eigenvalue weighted by Crippen LogP contribution is 2.17. The lowest BCUT2D eigenvalue weighted by molar-refractivity contribution is -0.135. The van der Waals surface area contributed by atoms with Crippen molar-refractivity contribution < 1.29 is 4.79 Å². The highest BCUT2D eigenvalue weighted by atomic mass is 16.2. The van der Waals surface area contributed by atoms with E-state index in [0.29, 0.717) is 0 Å². The number of likely N-dealkylation sites (N-methyl/N-ethyl adjacent to an activating group) is 1. The Morgan fingerprint density at radius 3 is 2.32 bits per heavy atom. The minimum absolute atomic E-state index is 0.199. The summed E-state index contributed by atoms with van der Waals surface area (Å²) >= 11 is 0. The van der Waals surface area contributed by atoms with Crippen LogP contribution in [0.3, 0.4) is 0 Å². The molecule has 0 aliphatic carbocycles. The first-order chi connectivity index (χ1) is 8.99.